The predicted molar refractivity (Wildman–Crippen MR) is 83.8 cm³/mol. The summed E-state index contributed by atoms with van der Waals surface area (Å²) in [6.45, 7) is 1.95. The highest BCUT2D eigenvalue weighted by atomic mass is 79.9. The van der Waals surface area contributed by atoms with Gasteiger partial charge in [-0.15, -0.1) is 0 Å². The molecule has 19 heavy (non-hydrogen) atoms. The molecule has 0 fully saturated rings. The minimum atomic E-state index is -0.295. The molecule has 0 spiro atoms. The number of aromatic nitrogens is 1. The first-order chi connectivity index (χ1) is 8.95. The van der Waals surface area contributed by atoms with E-state index in [0.717, 1.165) is 10.0 Å². The summed E-state index contributed by atoms with van der Waals surface area (Å²) in [7, 11) is 0. The second-order valence-electron chi connectivity index (χ2n) is 3.96. The molecule has 0 aliphatic rings. The van der Waals surface area contributed by atoms with Crippen molar-refractivity contribution in [3.8, 4) is 0 Å². The van der Waals surface area contributed by atoms with E-state index in [-0.39, 0.29) is 11.1 Å². The van der Waals surface area contributed by atoms with Gasteiger partial charge in [0.2, 0.25) is 0 Å². The maximum atomic E-state index is 12.1. The molecular formula is C13H9Br2ClN2O. The monoisotopic (exact) mass is 402 g/mol. The molecule has 6 heteroatoms. The first kappa shape index (κ1) is 14.5. The number of hydrogen-bond acceptors (Lipinski definition) is 2. The van der Waals surface area contributed by atoms with Crippen LogP contribution in [0.15, 0.2) is 39.4 Å². The topological polar surface area (TPSA) is 42.0 Å². The van der Waals surface area contributed by atoms with E-state index in [9.17, 15) is 4.79 Å². The van der Waals surface area contributed by atoms with Crippen molar-refractivity contribution in [1.29, 1.82) is 0 Å². The molecule has 1 aromatic heterocycles. The lowest BCUT2D eigenvalue weighted by atomic mass is 10.2. The molecule has 1 amide bonds. The molecule has 0 bridgehead atoms. The number of benzene rings is 1. The zero-order chi connectivity index (χ0) is 14.0. The van der Waals surface area contributed by atoms with E-state index in [1.54, 1.807) is 12.3 Å². The van der Waals surface area contributed by atoms with Crippen LogP contribution in [0.5, 0.6) is 0 Å². The third kappa shape index (κ3) is 3.78. The van der Waals surface area contributed by atoms with Gasteiger partial charge in [0.15, 0.2) is 0 Å². The number of carbonyl (C=O) groups is 1. The van der Waals surface area contributed by atoms with Gasteiger partial charge < -0.3 is 5.32 Å². The van der Waals surface area contributed by atoms with Crippen LogP contribution >= 0.6 is 43.5 Å². The average Bonchev–Trinajstić information content (AvgIpc) is 2.30. The van der Waals surface area contributed by atoms with Crippen molar-refractivity contribution in [3.05, 3.63) is 55.7 Å². The molecule has 0 atom stereocenters. The lowest BCUT2D eigenvalue weighted by Crippen LogP contribution is -2.13. The highest BCUT2D eigenvalue weighted by Gasteiger charge is 2.12. The number of nitrogens with zero attached hydrogens (tertiary/aromatic N) is 1. The molecule has 0 aliphatic heterocycles. The molecule has 2 aromatic rings. The van der Waals surface area contributed by atoms with E-state index in [4.69, 9.17) is 11.6 Å². The summed E-state index contributed by atoms with van der Waals surface area (Å²) in [6.07, 6.45) is 1.54. The predicted octanol–water partition coefficient (Wildman–Crippen LogP) is 4.82. The van der Waals surface area contributed by atoms with Crippen molar-refractivity contribution in [2.45, 2.75) is 6.92 Å². The van der Waals surface area contributed by atoms with Crippen molar-refractivity contribution in [2.75, 3.05) is 5.32 Å². The molecule has 1 N–H and O–H groups in total. The van der Waals surface area contributed by atoms with Gasteiger partial charge in [0.05, 0.1) is 5.56 Å². The minimum Gasteiger partial charge on any atom is -0.322 e. The van der Waals surface area contributed by atoms with Gasteiger partial charge >= 0.3 is 0 Å². The molecule has 3 nitrogen and oxygen atoms in total. The Bertz CT molecular complexity index is 626. The summed E-state index contributed by atoms with van der Waals surface area (Å²) in [6, 6.07) is 7.30. The summed E-state index contributed by atoms with van der Waals surface area (Å²) in [4.78, 5) is 16.1. The van der Waals surface area contributed by atoms with Gasteiger partial charge in [-0.1, -0.05) is 27.5 Å². The number of rotatable bonds is 2. The number of anilines is 1. The molecule has 0 saturated heterocycles. The van der Waals surface area contributed by atoms with Crippen LogP contribution in [0.3, 0.4) is 0 Å². The van der Waals surface area contributed by atoms with E-state index >= 15 is 0 Å². The van der Waals surface area contributed by atoms with Gasteiger partial charge in [0.25, 0.3) is 5.91 Å². The summed E-state index contributed by atoms with van der Waals surface area (Å²) >= 11 is 12.6. The second kappa shape index (κ2) is 6.03. The minimum absolute atomic E-state index is 0.174. The molecule has 0 unspecified atom stereocenters. The fourth-order valence-corrected chi connectivity index (χ4v) is 2.72. The van der Waals surface area contributed by atoms with Crippen LogP contribution in [0.4, 0.5) is 5.69 Å². The zero-order valence-corrected chi connectivity index (χ0v) is 13.8. The molecular weight excluding hydrogens is 395 g/mol. The first-order valence-electron chi connectivity index (χ1n) is 5.35. The Morgan fingerprint density at radius 3 is 2.63 bits per heavy atom. The Morgan fingerprint density at radius 2 is 1.95 bits per heavy atom. The van der Waals surface area contributed by atoms with Crippen molar-refractivity contribution in [1.82, 2.24) is 4.98 Å². The van der Waals surface area contributed by atoms with Gasteiger partial charge in [0, 0.05) is 20.8 Å². The average molecular weight is 404 g/mol. The maximum absolute atomic E-state index is 12.1. The van der Waals surface area contributed by atoms with Crippen LogP contribution in [0.2, 0.25) is 5.15 Å². The van der Waals surface area contributed by atoms with Gasteiger partial charge in [-0.05, 0) is 52.7 Å². The Hall–Kier alpha value is -0.910. The fourth-order valence-electron chi connectivity index (χ4n) is 1.59. The summed E-state index contributed by atoms with van der Waals surface area (Å²) in [5.74, 6) is -0.295. The van der Waals surface area contributed by atoms with Crippen LogP contribution in [0.25, 0.3) is 0 Å². The van der Waals surface area contributed by atoms with Crippen LogP contribution in [0.1, 0.15) is 15.9 Å². The first-order valence-corrected chi connectivity index (χ1v) is 7.31. The summed E-state index contributed by atoms with van der Waals surface area (Å²) in [5, 5.41) is 2.97. The standard InChI is InChI=1S/C13H9Br2ClN2O/c1-7-2-8(14)4-10(3-7)18-13(19)11-5-9(15)6-17-12(11)16/h2-6H,1H3,(H,18,19). The molecule has 0 radical (unpaired) electrons. The Morgan fingerprint density at radius 1 is 1.21 bits per heavy atom. The van der Waals surface area contributed by atoms with Crippen LogP contribution in [-0.2, 0) is 0 Å². The largest absolute Gasteiger partial charge is 0.322 e. The smallest absolute Gasteiger partial charge is 0.258 e. The van der Waals surface area contributed by atoms with Crippen LogP contribution in [-0.4, -0.2) is 10.9 Å². The Kier molecular flexibility index (Phi) is 4.60. The van der Waals surface area contributed by atoms with Crippen LogP contribution in [0, 0.1) is 6.92 Å². The second-order valence-corrected chi connectivity index (χ2v) is 6.15. The van der Waals surface area contributed by atoms with Crippen molar-refractivity contribution < 1.29 is 4.79 Å². The van der Waals surface area contributed by atoms with E-state index in [1.807, 2.05) is 25.1 Å². The normalized spacial score (nSPS) is 10.3. The lowest BCUT2D eigenvalue weighted by molar-refractivity contribution is 0.102. The molecule has 0 aliphatic carbocycles. The fraction of sp³-hybridized carbons (Fsp3) is 0.0769. The number of nitrogens with one attached hydrogen (secondary N) is 1. The van der Waals surface area contributed by atoms with Gasteiger partial charge in [-0.3, -0.25) is 4.79 Å². The lowest BCUT2D eigenvalue weighted by Gasteiger charge is -2.08. The number of carbonyl (C=O) groups excluding carboxylic acids is 1. The highest BCUT2D eigenvalue weighted by Crippen LogP contribution is 2.22. The summed E-state index contributed by atoms with van der Waals surface area (Å²) < 4.78 is 1.61. The van der Waals surface area contributed by atoms with E-state index in [2.05, 4.69) is 42.2 Å². The third-order valence-electron chi connectivity index (χ3n) is 2.35. The highest BCUT2D eigenvalue weighted by molar-refractivity contribution is 9.10. The third-order valence-corrected chi connectivity index (χ3v) is 3.54. The van der Waals surface area contributed by atoms with Crippen molar-refractivity contribution >= 4 is 55.1 Å². The van der Waals surface area contributed by atoms with Crippen molar-refractivity contribution in [2.24, 2.45) is 0 Å². The van der Waals surface area contributed by atoms with E-state index in [0.29, 0.717) is 15.7 Å². The summed E-state index contributed by atoms with van der Waals surface area (Å²) in [5.41, 5.74) is 2.07. The number of amides is 1. The number of hydrogen-bond donors (Lipinski definition) is 1. The Balaban J connectivity index is 2.28. The van der Waals surface area contributed by atoms with Gasteiger partial charge in [-0.2, -0.15) is 0 Å². The molecule has 1 aromatic carbocycles. The van der Waals surface area contributed by atoms with Crippen molar-refractivity contribution in [3.63, 3.8) is 0 Å². The van der Waals surface area contributed by atoms with E-state index in [1.165, 1.54) is 0 Å². The number of pyridine rings is 1. The molecule has 98 valence electrons. The van der Waals surface area contributed by atoms with Crippen LogP contribution < -0.4 is 5.32 Å². The molecule has 0 saturated carbocycles. The SMILES string of the molecule is Cc1cc(Br)cc(NC(=O)c2cc(Br)cnc2Cl)c1. The van der Waals surface area contributed by atoms with Gasteiger partial charge in [0.1, 0.15) is 5.15 Å². The molecule has 2 rings (SSSR count). The Labute approximate surface area is 132 Å². The quantitative estimate of drug-likeness (QED) is 0.729. The van der Waals surface area contributed by atoms with E-state index < -0.39 is 0 Å². The zero-order valence-electron chi connectivity index (χ0n) is 9.88. The molecule has 1 heterocycles. The number of halogens is 3. The van der Waals surface area contributed by atoms with Gasteiger partial charge in [-0.25, -0.2) is 4.98 Å². The number of aryl methyl sites for hydroxylation is 1. The maximum Gasteiger partial charge on any atom is 0.258 e.